The molecule has 6 heteroatoms. The van der Waals surface area contributed by atoms with E-state index in [-0.39, 0.29) is 0 Å². The molecule has 0 spiro atoms. The van der Waals surface area contributed by atoms with Gasteiger partial charge in [0.2, 0.25) is 5.82 Å². The molecule has 0 amide bonds. The third kappa shape index (κ3) is 1.94. The molecule has 0 unspecified atom stereocenters. The van der Waals surface area contributed by atoms with Crippen molar-refractivity contribution in [1.29, 1.82) is 0 Å². The number of fused-ring (bicyclic) bond motifs is 3. The molecule has 5 aromatic rings. The molecule has 0 aliphatic heterocycles. The number of rotatable bonds is 2. The molecule has 1 aromatic carbocycles. The van der Waals surface area contributed by atoms with Gasteiger partial charge in [-0.25, -0.2) is 14.5 Å². The molecular formula is C19H15N5O. The maximum absolute atomic E-state index is 5.43. The lowest BCUT2D eigenvalue weighted by Crippen LogP contribution is -1.98. The van der Waals surface area contributed by atoms with E-state index in [2.05, 4.69) is 40.6 Å². The number of aromatic nitrogens is 5. The molecule has 0 saturated heterocycles. The van der Waals surface area contributed by atoms with Gasteiger partial charge in [-0.1, -0.05) is 18.2 Å². The van der Waals surface area contributed by atoms with Crippen molar-refractivity contribution in [3.63, 3.8) is 0 Å². The summed E-state index contributed by atoms with van der Waals surface area (Å²) in [6.45, 7) is 4.20. The molecule has 0 radical (unpaired) electrons. The van der Waals surface area contributed by atoms with Crippen LogP contribution in [0.4, 0.5) is 0 Å². The predicted octanol–water partition coefficient (Wildman–Crippen LogP) is 3.95. The van der Waals surface area contributed by atoms with Gasteiger partial charge in [0.15, 0.2) is 17.1 Å². The first kappa shape index (κ1) is 14.0. The third-order valence-electron chi connectivity index (χ3n) is 4.59. The Labute approximate surface area is 143 Å². The van der Waals surface area contributed by atoms with Gasteiger partial charge in [0.05, 0.1) is 11.6 Å². The Kier molecular flexibility index (Phi) is 2.82. The molecule has 4 aromatic heterocycles. The van der Waals surface area contributed by atoms with E-state index in [1.54, 1.807) is 17.1 Å². The van der Waals surface area contributed by atoms with Gasteiger partial charge in [0.1, 0.15) is 6.33 Å². The zero-order valence-electron chi connectivity index (χ0n) is 13.8. The van der Waals surface area contributed by atoms with Crippen LogP contribution in [-0.4, -0.2) is 24.1 Å². The van der Waals surface area contributed by atoms with Crippen molar-refractivity contribution >= 4 is 16.7 Å². The first-order valence-corrected chi connectivity index (χ1v) is 8.06. The SMILES string of the molecule is Cc1c(C)n(-c2ccccc2)c2ncn3nc(-c4ccco4)nc3c12. The average molecular weight is 329 g/mol. The highest BCUT2D eigenvalue weighted by Gasteiger charge is 2.19. The van der Waals surface area contributed by atoms with Crippen LogP contribution >= 0.6 is 0 Å². The number of para-hydroxylation sites is 1. The molecule has 0 N–H and O–H groups in total. The smallest absolute Gasteiger partial charge is 0.217 e. The Balaban J connectivity index is 1.85. The van der Waals surface area contributed by atoms with Crippen LogP contribution in [0.5, 0.6) is 0 Å². The number of hydrogen-bond donors (Lipinski definition) is 0. The fourth-order valence-electron chi connectivity index (χ4n) is 3.26. The second-order valence-electron chi connectivity index (χ2n) is 6.01. The lowest BCUT2D eigenvalue weighted by Gasteiger charge is -2.07. The topological polar surface area (TPSA) is 61.2 Å². The Morgan fingerprint density at radius 1 is 0.960 bits per heavy atom. The Bertz CT molecular complexity index is 1200. The highest BCUT2D eigenvalue weighted by atomic mass is 16.3. The monoisotopic (exact) mass is 329 g/mol. The molecule has 0 atom stereocenters. The highest BCUT2D eigenvalue weighted by Crippen LogP contribution is 2.30. The third-order valence-corrected chi connectivity index (χ3v) is 4.59. The van der Waals surface area contributed by atoms with Crippen molar-refractivity contribution in [2.24, 2.45) is 0 Å². The minimum absolute atomic E-state index is 0.559. The molecule has 6 nitrogen and oxygen atoms in total. The largest absolute Gasteiger partial charge is 0.461 e. The fraction of sp³-hybridized carbons (Fsp3) is 0.105. The maximum Gasteiger partial charge on any atom is 0.217 e. The molecule has 5 rings (SSSR count). The molecule has 0 fully saturated rings. The molecule has 122 valence electrons. The number of benzene rings is 1. The van der Waals surface area contributed by atoms with E-state index in [1.807, 2.05) is 30.3 Å². The van der Waals surface area contributed by atoms with Gasteiger partial charge in [-0.3, -0.25) is 4.57 Å². The Morgan fingerprint density at radius 2 is 1.80 bits per heavy atom. The summed E-state index contributed by atoms with van der Waals surface area (Å²) in [7, 11) is 0. The average Bonchev–Trinajstić information content (AvgIpc) is 3.35. The summed E-state index contributed by atoms with van der Waals surface area (Å²) in [5, 5.41) is 5.51. The molecule has 25 heavy (non-hydrogen) atoms. The van der Waals surface area contributed by atoms with Gasteiger partial charge in [-0.15, -0.1) is 5.10 Å². The summed E-state index contributed by atoms with van der Waals surface area (Å²) in [6, 6.07) is 13.9. The summed E-state index contributed by atoms with van der Waals surface area (Å²) in [4.78, 5) is 9.35. The minimum atomic E-state index is 0.559. The fourth-order valence-corrected chi connectivity index (χ4v) is 3.26. The summed E-state index contributed by atoms with van der Waals surface area (Å²) in [5.74, 6) is 1.21. The number of furan rings is 1. The zero-order chi connectivity index (χ0) is 17.0. The van der Waals surface area contributed by atoms with Crippen molar-refractivity contribution in [3.05, 3.63) is 66.3 Å². The first-order chi connectivity index (χ1) is 12.2. The van der Waals surface area contributed by atoms with Gasteiger partial charge in [-0.05, 0) is 43.7 Å². The van der Waals surface area contributed by atoms with E-state index in [1.165, 1.54) is 0 Å². The van der Waals surface area contributed by atoms with Gasteiger partial charge in [-0.2, -0.15) is 0 Å². The second-order valence-corrected chi connectivity index (χ2v) is 6.01. The van der Waals surface area contributed by atoms with Crippen LogP contribution in [0.25, 0.3) is 34.0 Å². The van der Waals surface area contributed by atoms with Crippen LogP contribution in [0, 0.1) is 13.8 Å². The lowest BCUT2D eigenvalue weighted by molar-refractivity contribution is 0.577. The van der Waals surface area contributed by atoms with Gasteiger partial charge in [0.25, 0.3) is 0 Å². The molecule has 0 aliphatic carbocycles. The number of hydrogen-bond acceptors (Lipinski definition) is 4. The van der Waals surface area contributed by atoms with Crippen LogP contribution in [0.15, 0.2) is 59.5 Å². The highest BCUT2D eigenvalue weighted by molar-refractivity contribution is 5.95. The van der Waals surface area contributed by atoms with Crippen molar-refractivity contribution < 1.29 is 4.42 Å². The normalized spacial score (nSPS) is 11.6. The van der Waals surface area contributed by atoms with E-state index < -0.39 is 0 Å². The summed E-state index contributed by atoms with van der Waals surface area (Å²) in [5.41, 5.74) is 5.04. The summed E-state index contributed by atoms with van der Waals surface area (Å²) < 4.78 is 9.29. The molecule has 0 saturated carbocycles. The van der Waals surface area contributed by atoms with Crippen LogP contribution in [-0.2, 0) is 0 Å². The first-order valence-electron chi connectivity index (χ1n) is 8.06. The lowest BCUT2D eigenvalue weighted by atomic mass is 10.2. The van der Waals surface area contributed by atoms with Crippen LogP contribution in [0.3, 0.4) is 0 Å². The standard InChI is InChI=1S/C19H15N5O/c1-12-13(2)24(14-7-4-3-5-8-14)18-16(12)19-21-17(15-9-6-10-25-15)22-23(19)11-20-18/h3-11H,1-2H3. The van der Waals surface area contributed by atoms with Crippen LogP contribution in [0.1, 0.15) is 11.3 Å². The van der Waals surface area contributed by atoms with Crippen molar-refractivity contribution in [3.8, 4) is 17.3 Å². The van der Waals surface area contributed by atoms with Crippen molar-refractivity contribution in [2.45, 2.75) is 13.8 Å². The van der Waals surface area contributed by atoms with Crippen molar-refractivity contribution in [2.75, 3.05) is 0 Å². The van der Waals surface area contributed by atoms with Crippen molar-refractivity contribution in [1.82, 2.24) is 24.1 Å². The molecule has 0 bridgehead atoms. The quantitative estimate of drug-likeness (QED) is 0.492. The molecular weight excluding hydrogens is 314 g/mol. The van der Waals surface area contributed by atoms with E-state index in [4.69, 9.17) is 9.40 Å². The van der Waals surface area contributed by atoms with Gasteiger partial charge in [0, 0.05) is 11.4 Å². The number of nitrogens with zero attached hydrogens (tertiary/aromatic N) is 5. The van der Waals surface area contributed by atoms with Gasteiger partial charge < -0.3 is 4.42 Å². The van der Waals surface area contributed by atoms with Crippen LogP contribution < -0.4 is 0 Å². The van der Waals surface area contributed by atoms with E-state index in [9.17, 15) is 0 Å². The van der Waals surface area contributed by atoms with E-state index in [0.29, 0.717) is 11.6 Å². The maximum atomic E-state index is 5.43. The van der Waals surface area contributed by atoms with E-state index in [0.717, 1.165) is 33.6 Å². The zero-order valence-corrected chi connectivity index (χ0v) is 13.8. The molecule has 4 heterocycles. The van der Waals surface area contributed by atoms with Gasteiger partial charge >= 0.3 is 0 Å². The minimum Gasteiger partial charge on any atom is -0.461 e. The Morgan fingerprint density at radius 3 is 2.56 bits per heavy atom. The summed E-state index contributed by atoms with van der Waals surface area (Å²) >= 11 is 0. The van der Waals surface area contributed by atoms with Crippen LogP contribution in [0.2, 0.25) is 0 Å². The summed E-state index contributed by atoms with van der Waals surface area (Å²) in [6.07, 6.45) is 3.32. The predicted molar refractivity (Wildman–Crippen MR) is 94.8 cm³/mol. The second kappa shape index (κ2) is 5.04. The number of aryl methyl sites for hydroxylation is 1. The Hall–Kier alpha value is -3.41. The van der Waals surface area contributed by atoms with E-state index >= 15 is 0 Å². The molecule has 0 aliphatic rings.